The predicted molar refractivity (Wildman–Crippen MR) is 288 cm³/mol. The van der Waals surface area contributed by atoms with Gasteiger partial charge >= 0.3 is 83.6 Å². The van der Waals surface area contributed by atoms with Crippen molar-refractivity contribution in [2.45, 2.75) is 137 Å². The van der Waals surface area contributed by atoms with Crippen LogP contribution in [0.1, 0.15) is 82.1 Å². The Hall–Kier alpha value is -8.68. The molecule has 10 unspecified atom stereocenters. The third-order valence-corrected chi connectivity index (χ3v) is 11.9. The smallest absolute Gasteiger partial charge is 0.317 e. The monoisotopic (exact) mass is 1280 g/mol. The summed E-state index contributed by atoms with van der Waals surface area (Å²) in [6.45, 7) is 1.49. The van der Waals surface area contributed by atoms with Gasteiger partial charge in [0.1, 0.15) is 13.2 Å². The van der Waals surface area contributed by atoms with Gasteiger partial charge in [0, 0.05) is 121 Å². The van der Waals surface area contributed by atoms with Crippen LogP contribution in [0.4, 0.5) is 0 Å². The van der Waals surface area contributed by atoms with Crippen LogP contribution in [0.25, 0.3) is 0 Å². The van der Waals surface area contributed by atoms with E-state index >= 15 is 0 Å². The second kappa shape index (κ2) is 40.0. The van der Waals surface area contributed by atoms with Gasteiger partial charge in [-0.05, 0) is 12.8 Å². The second-order valence-electron chi connectivity index (χ2n) is 19.6. The lowest BCUT2D eigenvalue weighted by molar-refractivity contribution is -0.203. The highest BCUT2D eigenvalue weighted by atomic mass is 16.7. The minimum atomic E-state index is -2.26. The molecular formula is C52H78N6O31. The minimum Gasteiger partial charge on any atom is -0.480 e. The molecular weight excluding hydrogens is 1200 g/mol. The van der Waals surface area contributed by atoms with Crippen LogP contribution < -0.4 is 10.6 Å². The van der Waals surface area contributed by atoms with Crippen LogP contribution in [0.15, 0.2) is 0 Å². The number of nitrogens with zero attached hydrogens (tertiary/aromatic N) is 4. The number of carbonyl (C=O) groups excluding carboxylic acids is 12. The Balaban J connectivity index is 4.01. The maximum atomic E-state index is 14.2. The first-order chi connectivity index (χ1) is 41.5. The van der Waals surface area contributed by atoms with E-state index in [1.54, 1.807) is 0 Å². The number of carboxylic acids is 4. The molecule has 0 spiro atoms. The number of rotatable bonds is 40. The van der Waals surface area contributed by atoms with E-state index in [-0.39, 0.29) is 39.1 Å². The number of hydrogen-bond acceptors (Lipinski definition) is 31. The average molecular weight is 1280 g/mol. The van der Waals surface area contributed by atoms with Gasteiger partial charge in [-0.2, -0.15) is 5.06 Å². The quantitative estimate of drug-likeness (QED) is 0.0147. The lowest BCUT2D eigenvalue weighted by Crippen LogP contribution is -2.57. The molecule has 0 aromatic heterocycles. The van der Waals surface area contributed by atoms with Crippen molar-refractivity contribution in [3.05, 3.63) is 0 Å². The van der Waals surface area contributed by atoms with Crippen molar-refractivity contribution in [2.75, 3.05) is 91.8 Å². The van der Waals surface area contributed by atoms with E-state index in [9.17, 15) is 97.1 Å². The standard InChI is InChI=1S/C52H78N6O31/c1-27(59)79-25-38(82-29(3)61)44(84-31(5)63)46(86-33(7)65)48(88-35(9)67)50(77)53-13-15-58(81-19-11-12-37-20-55(21-40(69)70)17-18-56(22-41(71)72)52(37)57(23-42(73)74)24-43(75)76)16-14-54-51(78)49(89-36(10)68)47(87-34(8)66)45(85-32(6)64)39(83-30(4)62)26-80-28(2)60/h37-39,44-49,52H,11-26H2,1-10H3,(H,53,77)(H,54,78)(H,69,70)(H,71,72)(H,73,74)(H,75,76). The number of carbonyl (C=O) groups is 16. The molecule has 1 fully saturated rings. The van der Waals surface area contributed by atoms with Crippen LogP contribution in [0.5, 0.6) is 0 Å². The van der Waals surface area contributed by atoms with Gasteiger partial charge in [0.25, 0.3) is 11.8 Å². The van der Waals surface area contributed by atoms with Gasteiger partial charge in [0.15, 0.2) is 36.6 Å². The minimum absolute atomic E-state index is 0.0426. The Morgan fingerprint density at radius 3 is 1.17 bits per heavy atom. The molecule has 89 heavy (non-hydrogen) atoms. The number of carboxylic acid groups (broad SMARTS) is 4. The van der Waals surface area contributed by atoms with Crippen molar-refractivity contribution in [1.29, 1.82) is 0 Å². The Bertz CT molecular complexity index is 2380. The highest BCUT2D eigenvalue weighted by molar-refractivity contribution is 5.86. The molecule has 0 bridgehead atoms. The Morgan fingerprint density at radius 2 is 0.831 bits per heavy atom. The van der Waals surface area contributed by atoms with Crippen molar-refractivity contribution < 1.29 is 149 Å². The maximum Gasteiger partial charge on any atom is 0.317 e. The summed E-state index contributed by atoms with van der Waals surface area (Å²) in [6.07, 6.45) is -17.8. The summed E-state index contributed by atoms with van der Waals surface area (Å²) >= 11 is 0. The maximum absolute atomic E-state index is 14.2. The largest absolute Gasteiger partial charge is 0.480 e. The zero-order valence-corrected chi connectivity index (χ0v) is 50.7. The van der Waals surface area contributed by atoms with Crippen molar-refractivity contribution in [3.8, 4) is 0 Å². The molecule has 0 aromatic rings. The van der Waals surface area contributed by atoms with E-state index in [4.69, 9.17) is 52.2 Å². The zero-order valence-electron chi connectivity index (χ0n) is 50.7. The Morgan fingerprint density at radius 1 is 0.461 bits per heavy atom. The van der Waals surface area contributed by atoms with Gasteiger partial charge in [-0.1, -0.05) is 0 Å². The first kappa shape index (κ1) is 78.3. The topological polar surface area (TPSA) is 493 Å². The van der Waals surface area contributed by atoms with Crippen molar-refractivity contribution in [1.82, 2.24) is 30.4 Å². The predicted octanol–water partition coefficient (Wildman–Crippen LogP) is -3.99. The number of hydroxylamine groups is 2. The first-order valence-electron chi connectivity index (χ1n) is 27.2. The number of aliphatic carboxylic acids is 4. The van der Waals surface area contributed by atoms with E-state index in [0.29, 0.717) is 0 Å². The van der Waals surface area contributed by atoms with Crippen LogP contribution in [0.2, 0.25) is 0 Å². The summed E-state index contributed by atoms with van der Waals surface area (Å²) in [5.41, 5.74) is 0. The summed E-state index contributed by atoms with van der Waals surface area (Å²) in [7, 11) is 0. The fourth-order valence-corrected chi connectivity index (χ4v) is 9.04. The molecule has 1 saturated heterocycles. The summed E-state index contributed by atoms with van der Waals surface area (Å²) in [6, 6.07) is 0. The molecule has 1 aliphatic heterocycles. The van der Waals surface area contributed by atoms with Crippen molar-refractivity contribution in [2.24, 2.45) is 5.92 Å². The molecule has 1 aliphatic rings. The third-order valence-electron chi connectivity index (χ3n) is 11.9. The lowest BCUT2D eigenvalue weighted by atomic mass is 9.97. The summed E-state index contributed by atoms with van der Waals surface area (Å²) in [5.74, 6) is -19.9. The van der Waals surface area contributed by atoms with Gasteiger partial charge < -0.3 is 78.4 Å². The SMILES string of the molecule is CC(=O)OCC(OC(C)=O)C(OC(C)=O)C(OC(C)=O)C(OC(C)=O)C(=O)NCCN(CCNC(=O)C(OC(C)=O)C(OC(C)=O)C(OC(C)=O)C(COC(C)=O)OC(C)=O)OCCCC1CN(CC(=O)O)CCN(CC(=O)O)C1N(CC(=O)O)CC(=O)O. The molecule has 0 aliphatic carbocycles. The molecule has 10 atom stereocenters. The number of esters is 10. The van der Waals surface area contributed by atoms with Crippen molar-refractivity contribution >= 4 is 95.4 Å². The van der Waals surface area contributed by atoms with Gasteiger partial charge in [0.2, 0.25) is 12.2 Å². The summed E-state index contributed by atoms with van der Waals surface area (Å²) in [5, 5.41) is 45.2. The fourth-order valence-electron chi connectivity index (χ4n) is 9.04. The molecule has 37 nitrogen and oxygen atoms in total. The molecule has 0 saturated carbocycles. The average Bonchev–Trinajstić information content (AvgIpc) is 2.16. The second-order valence-corrected chi connectivity index (χ2v) is 19.6. The molecule has 1 rings (SSSR count). The number of hydrogen-bond donors (Lipinski definition) is 6. The first-order valence-corrected chi connectivity index (χ1v) is 27.2. The summed E-state index contributed by atoms with van der Waals surface area (Å²) in [4.78, 5) is 210. The highest BCUT2D eigenvalue weighted by Crippen LogP contribution is 2.27. The third kappa shape index (κ3) is 32.2. The van der Waals surface area contributed by atoms with E-state index in [0.717, 1.165) is 79.2 Å². The molecule has 37 heteroatoms. The van der Waals surface area contributed by atoms with E-state index in [1.165, 1.54) is 9.80 Å². The number of nitrogens with one attached hydrogen (secondary N) is 2. The van der Waals surface area contributed by atoms with Crippen LogP contribution in [-0.4, -0.2) is 282 Å². The van der Waals surface area contributed by atoms with E-state index in [2.05, 4.69) is 10.6 Å². The number of amides is 2. The van der Waals surface area contributed by atoms with Crippen LogP contribution in [0, 0.1) is 5.92 Å². The van der Waals surface area contributed by atoms with Gasteiger partial charge in [-0.25, -0.2) is 0 Å². The molecule has 0 aromatic carbocycles. The summed E-state index contributed by atoms with van der Waals surface area (Å²) < 4.78 is 52.4. The Kier molecular flexibility index (Phi) is 35.2. The van der Waals surface area contributed by atoms with Crippen LogP contribution in [0.3, 0.4) is 0 Å². The zero-order chi connectivity index (χ0) is 67.8. The normalized spacial score (nSPS) is 16.9. The Labute approximate surface area is 508 Å². The van der Waals surface area contributed by atoms with Gasteiger partial charge in [-0.3, -0.25) is 96.2 Å². The van der Waals surface area contributed by atoms with Crippen LogP contribution in [-0.2, 0) is 129 Å². The van der Waals surface area contributed by atoms with Crippen LogP contribution >= 0.6 is 0 Å². The molecule has 2 amide bonds. The van der Waals surface area contributed by atoms with E-state index in [1.807, 2.05) is 0 Å². The molecule has 6 N–H and O–H groups in total. The van der Waals surface area contributed by atoms with Gasteiger partial charge in [0.05, 0.1) is 39.0 Å². The van der Waals surface area contributed by atoms with Crippen molar-refractivity contribution in [3.63, 3.8) is 0 Å². The molecule has 0 radical (unpaired) electrons. The highest BCUT2D eigenvalue weighted by Gasteiger charge is 2.49. The molecule has 502 valence electrons. The number of ether oxygens (including phenoxy) is 10. The van der Waals surface area contributed by atoms with E-state index < -0.39 is 222 Å². The lowest BCUT2D eigenvalue weighted by Gasteiger charge is -2.41. The van der Waals surface area contributed by atoms with Gasteiger partial charge in [-0.15, -0.1) is 0 Å². The fraction of sp³-hybridized carbons (Fsp3) is 0.692. The molecule has 1 heterocycles.